The van der Waals surface area contributed by atoms with Gasteiger partial charge in [-0.05, 0) is 36.8 Å². The highest BCUT2D eigenvalue weighted by molar-refractivity contribution is 6.04. The fraction of sp³-hybridized carbons (Fsp3) is 0.350. The first-order valence-corrected chi connectivity index (χ1v) is 9.24. The van der Waals surface area contributed by atoms with Gasteiger partial charge >= 0.3 is 0 Å². The Morgan fingerprint density at radius 2 is 2.04 bits per heavy atom. The van der Waals surface area contributed by atoms with Crippen LogP contribution in [0.1, 0.15) is 23.7 Å². The molecule has 2 aromatic rings. The zero-order valence-electron chi connectivity index (χ0n) is 15.7. The highest BCUT2D eigenvalue weighted by Crippen LogP contribution is 2.32. The minimum Gasteiger partial charge on any atom is -0.494 e. The number of benzene rings is 2. The Morgan fingerprint density at radius 3 is 2.75 bits per heavy atom. The zero-order chi connectivity index (χ0) is 19.9. The molecule has 0 unspecified atom stereocenters. The van der Waals surface area contributed by atoms with Crippen LogP contribution in [0.15, 0.2) is 42.5 Å². The number of anilines is 2. The van der Waals surface area contributed by atoms with Crippen molar-refractivity contribution in [2.24, 2.45) is 0 Å². The first-order valence-electron chi connectivity index (χ1n) is 9.24. The van der Waals surface area contributed by atoms with Crippen LogP contribution < -0.4 is 15.0 Å². The number of carbonyl (C=O) groups is 1. The average Bonchev–Trinajstić information content (AvgIpc) is 2.73. The van der Waals surface area contributed by atoms with E-state index in [1.165, 1.54) is 6.07 Å². The summed E-state index contributed by atoms with van der Waals surface area (Å²) >= 11 is 0. The van der Waals surface area contributed by atoms with E-state index in [-0.39, 0.29) is 11.6 Å². The summed E-state index contributed by atoms with van der Waals surface area (Å²) in [6, 6.07) is 11.6. The van der Waals surface area contributed by atoms with Crippen LogP contribution >= 0.6 is 0 Å². The Balaban J connectivity index is 1.77. The van der Waals surface area contributed by atoms with Gasteiger partial charge in [0.2, 0.25) is 0 Å². The van der Waals surface area contributed by atoms with Crippen molar-refractivity contribution >= 4 is 23.0 Å². The van der Waals surface area contributed by atoms with Crippen LogP contribution in [-0.2, 0) is 4.74 Å². The van der Waals surface area contributed by atoms with Gasteiger partial charge in [-0.15, -0.1) is 0 Å². The highest BCUT2D eigenvalue weighted by Gasteiger charge is 2.22. The van der Waals surface area contributed by atoms with Crippen molar-refractivity contribution in [2.45, 2.75) is 13.3 Å². The standard InChI is InChI=1S/C20H23N3O5/c1-2-10-28-17-5-3-4-15(13-17)20(24)21-16-6-7-18(19(14-16)23(25)26)22-8-11-27-12-9-22/h3-7,13-14H,2,8-12H2,1H3,(H,21,24). The van der Waals surface area contributed by atoms with Crippen molar-refractivity contribution < 1.29 is 19.2 Å². The van der Waals surface area contributed by atoms with Gasteiger partial charge in [-0.25, -0.2) is 0 Å². The minimum absolute atomic E-state index is 0.0419. The van der Waals surface area contributed by atoms with E-state index in [0.717, 1.165) is 6.42 Å². The summed E-state index contributed by atoms with van der Waals surface area (Å²) in [4.78, 5) is 25.6. The van der Waals surface area contributed by atoms with Crippen molar-refractivity contribution in [3.05, 3.63) is 58.1 Å². The molecule has 2 aromatic carbocycles. The third-order valence-electron chi connectivity index (χ3n) is 4.35. The number of morpholine rings is 1. The van der Waals surface area contributed by atoms with E-state index in [0.29, 0.717) is 55.6 Å². The Bertz CT molecular complexity index is 849. The van der Waals surface area contributed by atoms with Crippen LogP contribution in [0.4, 0.5) is 17.1 Å². The second-order valence-electron chi connectivity index (χ2n) is 6.39. The van der Waals surface area contributed by atoms with Crippen LogP contribution in [0, 0.1) is 10.1 Å². The van der Waals surface area contributed by atoms with Gasteiger partial charge in [-0.1, -0.05) is 13.0 Å². The van der Waals surface area contributed by atoms with Gasteiger partial charge in [0.05, 0.1) is 24.7 Å². The molecule has 1 fully saturated rings. The van der Waals surface area contributed by atoms with Gasteiger partial charge in [0.1, 0.15) is 11.4 Å². The summed E-state index contributed by atoms with van der Waals surface area (Å²) in [5.41, 5.74) is 1.28. The second kappa shape index (κ2) is 9.18. The van der Waals surface area contributed by atoms with Gasteiger partial charge in [-0.3, -0.25) is 14.9 Å². The predicted molar refractivity (Wildman–Crippen MR) is 106 cm³/mol. The maximum atomic E-state index is 12.5. The number of hydrogen-bond acceptors (Lipinski definition) is 6. The molecular formula is C20H23N3O5. The summed E-state index contributed by atoms with van der Waals surface area (Å²) < 4.78 is 10.8. The van der Waals surface area contributed by atoms with Crippen molar-refractivity contribution in [1.29, 1.82) is 0 Å². The lowest BCUT2D eigenvalue weighted by atomic mass is 10.1. The number of nitro benzene ring substituents is 1. The van der Waals surface area contributed by atoms with Crippen LogP contribution in [0.2, 0.25) is 0 Å². The molecule has 0 radical (unpaired) electrons. The van der Waals surface area contributed by atoms with E-state index in [4.69, 9.17) is 9.47 Å². The number of nitrogens with one attached hydrogen (secondary N) is 1. The predicted octanol–water partition coefficient (Wildman–Crippen LogP) is 3.47. The molecule has 1 saturated heterocycles. The first kappa shape index (κ1) is 19.6. The Labute approximate surface area is 163 Å². The lowest BCUT2D eigenvalue weighted by molar-refractivity contribution is -0.384. The van der Waals surface area contributed by atoms with Crippen LogP contribution in [0.5, 0.6) is 5.75 Å². The van der Waals surface area contributed by atoms with Gasteiger partial charge in [0, 0.05) is 30.4 Å². The fourth-order valence-electron chi connectivity index (χ4n) is 2.97. The molecule has 0 bridgehead atoms. The molecule has 0 spiro atoms. The maximum Gasteiger partial charge on any atom is 0.294 e. The van der Waals surface area contributed by atoms with Crippen molar-refractivity contribution in [3.63, 3.8) is 0 Å². The molecule has 1 aliphatic heterocycles. The molecule has 148 valence electrons. The monoisotopic (exact) mass is 385 g/mol. The topological polar surface area (TPSA) is 93.9 Å². The number of nitrogens with zero attached hydrogens (tertiary/aromatic N) is 2. The molecule has 1 aliphatic rings. The maximum absolute atomic E-state index is 12.5. The largest absolute Gasteiger partial charge is 0.494 e. The Hall–Kier alpha value is -3.13. The quantitative estimate of drug-likeness (QED) is 0.579. The number of hydrogen-bond donors (Lipinski definition) is 1. The lowest BCUT2D eigenvalue weighted by Crippen LogP contribution is -2.36. The molecule has 3 rings (SSSR count). The van der Waals surface area contributed by atoms with E-state index >= 15 is 0 Å². The summed E-state index contributed by atoms with van der Waals surface area (Å²) in [6.07, 6.45) is 0.871. The van der Waals surface area contributed by atoms with E-state index in [1.54, 1.807) is 36.4 Å². The highest BCUT2D eigenvalue weighted by atomic mass is 16.6. The molecule has 0 atom stereocenters. The van der Waals surface area contributed by atoms with E-state index in [1.807, 2.05) is 11.8 Å². The van der Waals surface area contributed by atoms with Gasteiger partial charge in [0.25, 0.3) is 11.6 Å². The summed E-state index contributed by atoms with van der Waals surface area (Å²) in [7, 11) is 0. The van der Waals surface area contributed by atoms with Gasteiger partial charge < -0.3 is 19.7 Å². The summed E-state index contributed by atoms with van der Waals surface area (Å²) in [6.45, 7) is 4.83. The molecule has 1 amide bonds. The smallest absolute Gasteiger partial charge is 0.294 e. The normalized spacial score (nSPS) is 13.8. The van der Waals surface area contributed by atoms with Crippen molar-refractivity contribution in [1.82, 2.24) is 0 Å². The molecule has 0 aromatic heterocycles. The van der Waals surface area contributed by atoms with Crippen LogP contribution in [0.25, 0.3) is 0 Å². The van der Waals surface area contributed by atoms with E-state index < -0.39 is 4.92 Å². The molecule has 1 N–H and O–H groups in total. The average molecular weight is 385 g/mol. The fourth-order valence-corrected chi connectivity index (χ4v) is 2.97. The number of carbonyl (C=O) groups excluding carboxylic acids is 1. The van der Waals surface area contributed by atoms with Crippen LogP contribution in [-0.4, -0.2) is 43.7 Å². The van der Waals surface area contributed by atoms with Crippen molar-refractivity contribution in [2.75, 3.05) is 43.1 Å². The molecule has 28 heavy (non-hydrogen) atoms. The van der Waals surface area contributed by atoms with E-state index in [2.05, 4.69) is 5.32 Å². The minimum atomic E-state index is -0.431. The number of rotatable bonds is 7. The Morgan fingerprint density at radius 1 is 1.25 bits per heavy atom. The zero-order valence-corrected chi connectivity index (χ0v) is 15.7. The van der Waals surface area contributed by atoms with Crippen LogP contribution in [0.3, 0.4) is 0 Å². The third-order valence-corrected chi connectivity index (χ3v) is 4.35. The molecular weight excluding hydrogens is 362 g/mol. The SMILES string of the molecule is CCCOc1cccc(C(=O)Nc2ccc(N3CCOCC3)c([N+](=O)[O-])c2)c1. The number of nitro groups is 1. The van der Waals surface area contributed by atoms with Gasteiger partial charge in [-0.2, -0.15) is 0 Å². The summed E-state index contributed by atoms with van der Waals surface area (Å²) in [5.74, 6) is 0.263. The van der Waals surface area contributed by atoms with Crippen molar-refractivity contribution in [3.8, 4) is 5.75 Å². The molecule has 1 heterocycles. The second-order valence-corrected chi connectivity index (χ2v) is 6.39. The lowest BCUT2D eigenvalue weighted by Gasteiger charge is -2.28. The summed E-state index contributed by atoms with van der Waals surface area (Å²) in [5, 5.41) is 14.3. The molecule has 8 heteroatoms. The molecule has 0 saturated carbocycles. The Kier molecular flexibility index (Phi) is 6.44. The third kappa shape index (κ3) is 4.77. The first-order chi connectivity index (χ1) is 13.6. The van der Waals surface area contributed by atoms with Gasteiger partial charge in [0.15, 0.2) is 0 Å². The molecule has 8 nitrogen and oxygen atoms in total. The van der Waals surface area contributed by atoms with E-state index in [9.17, 15) is 14.9 Å². The number of ether oxygens (including phenoxy) is 2. The molecule has 0 aliphatic carbocycles. The number of amides is 1.